The summed E-state index contributed by atoms with van der Waals surface area (Å²) in [7, 11) is 0. The maximum Gasteiger partial charge on any atom is 0.253 e. The number of carbonyl (C=O) groups excluding carboxylic acids is 1. The van der Waals surface area contributed by atoms with Crippen LogP contribution in [0.3, 0.4) is 0 Å². The number of halogens is 2. The third-order valence-corrected chi connectivity index (χ3v) is 2.59. The van der Waals surface area contributed by atoms with Gasteiger partial charge in [-0.2, -0.15) is 5.10 Å². The fourth-order valence-electron chi connectivity index (χ4n) is 1.26. The van der Waals surface area contributed by atoms with Crippen LogP contribution in [0.2, 0.25) is 0 Å². The summed E-state index contributed by atoms with van der Waals surface area (Å²) in [6, 6.07) is 4.47. The Kier molecular flexibility index (Phi) is 2.33. The number of nitrogens with one attached hydrogen (secondary N) is 1. The SMILES string of the molecule is O=C1NN=CC1c1ccc(F)c(Br)c1. The average Bonchev–Trinajstić information content (AvgIpc) is 2.57. The summed E-state index contributed by atoms with van der Waals surface area (Å²) in [5.74, 6) is -0.945. The number of rotatable bonds is 1. The number of nitrogens with zero attached hydrogens (tertiary/aromatic N) is 1. The van der Waals surface area contributed by atoms with Gasteiger partial charge in [0.05, 0.1) is 4.47 Å². The van der Waals surface area contributed by atoms with Crippen LogP contribution in [-0.4, -0.2) is 12.1 Å². The molecule has 5 heteroatoms. The van der Waals surface area contributed by atoms with Crippen LogP contribution in [0.15, 0.2) is 27.8 Å². The van der Waals surface area contributed by atoms with Gasteiger partial charge in [0, 0.05) is 6.21 Å². The molecule has 0 radical (unpaired) electrons. The largest absolute Gasteiger partial charge is 0.272 e. The topological polar surface area (TPSA) is 41.5 Å². The molecule has 1 aromatic rings. The van der Waals surface area contributed by atoms with Crippen molar-refractivity contribution in [2.45, 2.75) is 5.92 Å². The van der Waals surface area contributed by atoms with Crippen molar-refractivity contribution < 1.29 is 9.18 Å². The van der Waals surface area contributed by atoms with Gasteiger partial charge in [-0.15, -0.1) is 0 Å². The zero-order valence-corrected chi connectivity index (χ0v) is 8.58. The van der Waals surface area contributed by atoms with Crippen LogP contribution < -0.4 is 5.43 Å². The summed E-state index contributed by atoms with van der Waals surface area (Å²) in [5, 5.41) is 3.64. The first-order valence-corrected chi connectivity index (χ1v) is 4.76. The average molecular weight is 257 g/mol. The van der Waals surface area contributed by atoms with Crippen molar-refractivity contribution in [2.75, 3.05) is 0 Å². The number of benzene rings is 1. The van der Waals surface area contributed by atoms with E-state index in [-0.39, 0.29) is 11.7 Å². The van der Waals surface area contributed by atoms with Crippen molar-refractivity contribution in [3.05, 3.63) is 34.1 Å². The van der Waals surface area contributed by atoms with E-state index in [4.69, 9.17) is 0 Å². The highest BCUT2D eigenvalue weighted by molar-refractivity contribution is 9.10. The number of hydrogen-bond acceptors (Lipinski definition) is 2. The van der Waals surface area contributed by atoms with Crippen molar-refractivity contribution in [3.63, 3.8) is 0 Å². The van der Waals surface area contributed by atoms with Crippen molar-refractivity contribution >= 4 is 28.1 Å². The van der Waals surface area contributed by atoms with Crippen LogP contribution in [0, 0.1) is 5.82 Å². The van der Waals surface area contributed by atoms with Gasteiger partial charge >= 0.3 is 0 Å². The summed E-state index contributed by atoms with van der Waals surface area (Å²) >= 11 is 3.06. The molecule has 1 aliphatic rings. The Hall–Kier alpha value is -1.23. The molecule has 2 rings (SSSR count). The van der Waals surface area contributed by atoms with Gasteiger partial charge in [-0.05, 0) is 33.6 Å². The van der Waals surface area contributed by atoms with Gasteiger partial charge < -0.3 is 0 Å². The fourth-order valence-corrected chi connectivity index (χ4v) is 1.65. The maximum atomic E-state index is 12.9. The Labute approximate surface area is 88.1 Å². The molecule has 0 bridgehead atoms. The number of amides is 1. The Morgan fingerprint density at radius 3 is 2.86 bits per heavy atom. The summed E-state index contributed by atoms with van der Waals surface area (Å²) in [4.78, 5) is 11.2. The van der Waals surface area contributed by atoms with Crippen molar-refractivity contribution in [1.82, 2.24) is 5.43 Å². The van der Waals surface area contributed by atoms with Gasteiger partial charge in [0.25, 0.3) is 5.91 Å². The van der Waals surface area contributed by atoms with Gasteiger partial charge in [0.2, 0.25) is 0 Å². The normalized spacial score (nSPS) is 19.9. The smallest absolute Gasteiger partial charge is 0.253 e. The second kappa shape index (κ2) is 3.49. The molecule has 0 spiro atoms. The summed E-state index contributed by atoms with van der Waals surface area (Å²) < 4.78 is 13.3. The number of hydrazone groups is 1. The van der Waals surface area contributed by atoms with Crippen LogP contribution in [-0.2, 0) is 4.79 Å². The molecule has 3 nitrogen and oxygen atoms in total. The molecule has 1 N–H and O–H groups in total. The standard InChI is InChI=1S/C9H6BrFN2O/c10-7-3-5(1-2-8(7)11)6-4-12-13-9(6)14/h1-4,6H,(H,13,14). The Balaban J connectivity index is 2.37. The molecular weight excluding hydrogens is 251 g/mol. The molecule has 0 saturated heterocycles. The molecule has 1 atom stereocenters. The van der Waals surface area contributed by atoms with Crippen molar-refractivity contribution in [1.29, 1.82) is 0 Å². The Morgan fingerprint density at radius 2 is 2.29 bits per heavy atom. The van der Waals surface area contributed by atoms with Gasteiger partial charge in [-0.3, -0.25) is 4.79 Å². The van der Waals surface area contributed by atoms with Crippen LogP contribution in [0.5, 0.6) is 0 Å². The Bertz CT molecular complexity index is 419. The molecule has 1 unspecified atom stereocenters. The van der Waals surface area contributed by atoms with Gasteiger partial charge in [0.15, 0.2) is 0 Å². The minimum absolute atomic E-state index is 0.191. The van der Waals surface area contributed by atoms with Crippen LogP contribution in [0.25, 0.3) is 0 Å². The second-order valence-corrected chi connectivity index (χ2v) is 3.76. The molecule has 1 aliphatic heterocycles. The van der Waals surface area contributed by atoms with Crippen molar-refractivity contribution in [2.24, 2.45) is 5.10 Å². The third kappa shape index (κ3) is 1.55. The highest BCUT2D eigenvalue weighted by Crippen LogP contribution is 2.23. The zero-order chi connectivity index (χ0) is 10.1. The van der Waals surface area contributed by atoms with E-state index < -0.39 is 5.92 Å². The third-order valence-electron chi connectivity index (χ3n) is 1.98. The van der Waals surface area contributed by atoms with E-state index in [0.29, 0.717) is 4.47 Å². The second-order valence-electron chi connectivity index (χ2n) is 2.91. The molecule has 1 aromatic carbocycles. The molecule has 0 saturated carbocycles. The van der Waals surface area contributed by atoms with Crippen LogP contribution >= 0.6 is 15.9 Å². The molecule has 0 fully saturated rings. The quantitative estimate of drug-likeness (QED) is 0.818. The molecule has 14 heavy (non-hydrogen) atoms. The monoisotopic (exact) mass is 256 g/mol. The lowest BCUT2D eigenvalue weighted by Crippen LogP contribution is -2.18. The number of carbonyl (C=O) groups is 1. The van der Waals surface area contributed by atoms with Gasteiger partial charge in [-0.25, -0.2) is 9.82 Å². The molecular formula is C9H6BrFN2O. The van der Waals surface area contributed by atoms with E-state index in [0.717, 1.165) is 5.56 Å². The first-order chi connectivity index (χ1) is 6.68. The van der Waals surface area contributed by atoms with E-state index in [1.54, 1.807) is 12.1 Å². The highest BCUT2D eigenvalue weighted by Gasteiger charge is 2.23. The van der Waals surface area contributed by atoms with E-state index in [2.05, 4.69) is 26.5 Å². The predicted octanol–water partition coefficient (Wildman–Crippen LogP) is 1.79. The highest BCUT2D eigenvalue weighted by atomic mass is 79.9. The molecule has 72 valence electrons. The summed E-state index contributed by atoms with van der Waals surface area (Å²) in [5.41, 5.74) is 3.04. The zero-order valence-electron chi connectivity index (χ0n) is 7.00. The maximum absolute atomic E-state index is 12.9. The van der Waals surface area contributed by atoms with Crippen molar-refractivity contribution in [3.8, 4) is 0 Å². The van der Waals surface area contributed by atoms with Gasteiger partial charge in [0.1, 0.15) is 11.7 Å². The number of hydrogen-bond donors (Lipinski definition) is 1. The molecule has 1 heterocycles. The summed E-state index contributed by atoms with van der Waals surface area (Å²) in [6.07, 6.45) is 1.50. The molecule has 0 aliphatic carbocycles. The minimum Gasteiger partial charge on any atom is -0.272 e. The molecule has 1 amide bonds. The first-order valence-electron chi connectivity index (χ1n) is 3.96. The van der Waals surface area contributed by atoms with E-state index in [1.807, 2.05) is 0 Å². The lowest BCUT2D eigenvalue weighted by molar-refractivity contribution is -0.120. The van der Waals surface area contributed by atoms with Gasteiger partial charge in [-0.1, -0.05) is 6.07 Å². The van der Waals surface area contributed by atoms with E-state index in [9.17, 15) is 9.18 Å². The van der Waals surface area contributed by atoms with Crippen LogP contribution in [0.4, 0.5) is 4.39 Å². The first kappa shape index (κ1) is 9.33. The van der Waals surface area contributed by atoms with Crippen LogP contribution in [0.1, 0.15) is 11.5 Å². The molecule has 0 aromatic heterocycles. The predicted molar refractivity (Wildman–Crippen MR) is 53.5 cm³/mol. The van der Waals surface area contributed by atoms with E-state index >= 15 is 0 Å². The fraction of sp³-hybridized carbons (Fsp3) is 0.111. The lowest BCUT2D eigenvalue weighted by atomic mass is 10.0. The Morgan fingerprint density at radius 1 is 1.50 bits per heavy atom. The summed E-state index contributed by atoms with van der Waals surface area (Å²) in [6.45, 7) is 0. The minimum atomic E-state index is -0.410. The van der Waals surface area contributed by atoms with E-state index in [1.165, 1.54) is 12.3 Å². The lowest BCUT2D eigenvalue weighted by Gasteiger charge is -2.05.